The van der Waals surface area contributed by atoms with E-state index in [9.17, 15) is 4.39 Å². The standard InChI is InChI=1S/C20H14F2N2/c1-13-7-6-12-24(13)20-15-9-3-5-11-17(15)23-19(18(20)22)14-8-2-4-10-16(14)21/h2-12H,1H3. The van der Waals surface area contributed by atoms with E-state index in [4.69, 9.17) is 0 Å². The maximum absolute atomic E-state index is 15.4. The summed E-state index contributed by atoms with van der Waals surface area (Å²) >= 11 is 0. The number of rotatable bonds is 2. The van der Waals surface area contributed by atoms with Gasteiger partial charge >= 0.3 is 0 Å². The monoisotopic (exact) mass is 320 g/mol. The third-order valence-corrected chi connectivity index (χ3v) is 4.13. The molecule has 0 bridgehead atoms. The van der Waals surface area contributed by atoms with Gasteiger partial charge in [-0.15, -0.1) is 0 Å². The third-order valence-electron chi connectivity index (χ3n) is 4.13. The van der Waals surface area contributed by atoms with Crippen molar-refractivity contribution in [2.75, 3.05) is 0 Å². The van der Waals surface area contributed by atoms with Gasteiger partial charge in [-0.2, -0.15) is 0 Å². The van der Waals surface area contributed by atoms with Crippen molar-refractivity contribution >= 4 is 10.9 Å². The largest absolute Gasteiger partial charge is 0.318 e. The lowest BCUT2D eigenvalue weighted by Crippen LogP contribution is -2.04. The molecule has 2 heterocycles. The highest BCUT2D eigenvalue weighted by atomic mass is 19.1. The van der Waals surface area contributed by atoms with Gasteiger partial charge in [0.15, 0.2) is 5.82 Å². The quantitative estimate of drug-likeness (QED) is 0.491. The number of halogens is 2. The number of nitrogens with zero attached hydrogens (tertiary/aromatic N) is 2. The van der Waals surface area contributed by atoms with Crippen LogP contribution in [0.4, 0.5) is 8.78 Å². The first-order valence-corrected chi connectivity index (χ1v) is 7.64. The molecule has 0 atom stereocenters. The minimum absolute atomic E-state index is 0.0231. The summed E-state index contributed by atoms with van der Waals surface area (Å²) in [5.74, 6) is -1.02. The molecule has 0 unspecified atom stereocenters. The van der Waals surface area contributed by atoms with Gasteiger partial charge in [-0.25, -0.2) is 13.8 Å². The zero-order valence-corrected chi connectivity index (χ0v) is 13.0. The molecule has 0 spiro atoms. The van der Waals surface area contributed by atoms with Crippen molar-refractivity contribution in [1.82, 2.24) is 9.55 Å². The molecule has 4 aromatic rings. The average Bonchev–Trinajstić information content (AvgIpc) is 3.01. The summed E-state index contributed by atoms with van der Waals surface area (Å²) in [6.45, 7) is 1.90. The smallest absolute Gasteiger partial charge is 0.174 e. The van der Waals surface area contributed by atoms with Gasteiger partial charge in [-0.05, 0) is 37.3 Å². The Balaban J connectivity index is 2.13. The van der Waals surface area contributed by atoms with E-state index in [0.717, 1.165) is 5.69 Å². The van der Waals surface area contributed by atoms with Crippen LogP contribution in [0.25, 0.3) is 27.8 Å². The van der Waals surface area contributed by atoms with Crippen LogP contribution in [0.15, 0.2) is 66.9 Å². The predicted octanol–water partition coefficient (Wildman–Crippen LogP) is 5.28. The summed E-state index contributed by atoms with van der Waals surface area (Å²) < 4.78 is 31.3. The van der Waals surface area contributed by atoms with Crippen molar-refractivity contribution in [1.29, 1.82) is 0 Å². The van der Waals surface area contributed by atoms with Crippen LogP contribution in [0, 0.1) is 18.6 Å². The second kappa shape index (κ2) is 5.57. The highest BCUT2D eigenvalue weighted by Crippen LogP contribution is 2.33. The van der Waals surface area contributed by atoms with Crippen LogP contribution in [0.2, 0.25) is 0 Å². The summed E-state index contributed by atoms with van der Waals surface area (Å²) in [4.78, 5) is 4.38. The molecular weight excluding hydrogens is 306 g/mol. The fourth-order valence-electron chi connectivity index (χ4n) is 2.96. The molecule has 0 saturated carbocycles. The zero-order chi connectivity index (χ0) is 16.7. The minimum Gasteiger partial charge on any atom is -0.318 e. The van der Waals surface area contributed by atoms with Crippen molar-refractivity contribution in [3.05, 3.63) is 84.2 Å². The summed E-state index contributed by atoms with van der Waals surface area (Å²) in [6, 6.07) is 17.2. The molecule has 4 rings (SSSR count). The average molecular weight is 320 g/mol. The van der Waals surface area contributed by atoms with E-state index in [0.29, 0.717) is 16.6 Å². The number of benzene rings is 2. The lowest BCUT2D eigenvalue weighted by atomic mass is 10.1. The summed E-state index contributed by atoms with van der Waals surface area (Å²) in [7, 11) is 0. The molecule has 0 saturated heterocycles. The molecule has 2 aromatic carbocycles. The Morgan fingerprint density at radius 1 is 0.875 bits per heavy atom. The Morgan fingerprint density at radius 3 is 2.38 bits per heavy atom. The van der Waals surface area contributed by atoms with Crippen LogP contribution in [0.1, 0.15) is 5.69 Å². The first-order valence-electron chi connectivity index (χ1n) is 7.64. The summed E-state index contributed by atoms with van der Waals surface area (Å²) in [5, 5.41) is 0.689. The van der Waals surface area contributed by atoms with Crippen LogP contribution in [0.3, 0.4) is 0 Å². The van der Waals surface area contributed by atoms with Crippen molar-refractivity contribution < 1.29 is 8.78 Å². The van der Waals surface area contributed by atoms with Crippen LogP contribution >= 0.6 is 0 Å². The molecular formula is C20H14F2N2. The maximum Gasteiger partial charge on any atom is 0.174 e. The molecule has 118 valence electrons. The number of fused-ring (bicyclic) bond motifs is 1. The second-order valence-electron chi connectivity index (χ2n) is 5.64. The highest BCUT2D eigenvalue weighted by molar-refractivity contribution is 5.90. The SMILES string of the molecule is Cc1cccn1-c1c(F)c(-c2ccccc2F)nc2ccccc12. The molecule has 2 aromatic heterocycles. The fourth-order valence-corrected chi connectivity index (χ4v) is 2.96. The second-order valence-corrected chi connectivity index (χ2v) is 5.64. The number of hydrogen-bond donors (Lipinski definition) is 0. The van der Waals surface area contributed by atoms with Gasteiger partial charge in [0.25, 0.3) is 0 Å². The molecule has 2 nitrogen and oxygen atoms in total. The Bertz CT molecular complexity index is 1050. The van der Waals surface area contributed by atoms with Gasteiger partial charge in [-0.3, -0.25) is 0 Å². The van der Waals surface area contributed by atoms with E-state index in [2.05, 4.69) is 4.98 Å². The van der Waals surface area contributed by atoms with E-state index in [-0.39, 0.29) is 11.3 Å². The number of aryl methyl sites for hydroxylation is 1. The van der Waals surface area contributed by atoms with Crippen LogP contribution < -0.4 is 0 Å². The Kier molecular flexibility index (Phi) is 3.38. The zero-order valence-electron chi connectivity index (χ0n) is 13.0. The van der Waals surface area contributed by atoms with E-state index >= 15 is 4.39 Å². The lowest BCUT2D eigenvalue weighted by Gasteiger charge is -2.15. The van der Waals surface area contributed by atoms with Gasteiger partial charge in [0.05, 0.1) is 11.2 Å². The molecule has 0 aliphatic rings. The van der Waals surface area contributed by atoms with Crippen molar-refractivity contribution in [2.24, 2.45) is 0 Å². The first kappa shape index (κ1) is 14.6. The van der Waals surface area contributed by atoms with Crippen molar-refractivity contribution in [3.63, 3.8) is 0 Å². The molecule has 0 aliphatic heterocycles. The number of para-hydroxylation sites is 1. The first-order chi connectivity index (χ1) is 11.7. The lowest BCUT2D eigenvalue weighted by molar-refractivity contribution is 0.607. The molecule has 0 aliphatic carbocycles. The Hall–Kier alpha value is -3.01. The number of pyridine rings is 1. The normalized spacial score (nSPS) is 11.1. The Labute approximate surface area is 138 Å². The van der Waals surface area contributed by atoms with E-state index < -0.39 is 11.6 Å². The van der Waals surface area contributed by atoms with Gasteiger partial charge in [0.1, 0.15) is 11.5 Å². The van der Waals surface area contributed by atoms with Gasteiger partial charge in [-0.1, -0.05) is 30.3 Å². The summed E-state index contributed by atoms with van der Waals surface area (Å²) in [6.07, 6.45) is 1.80. The summed E-state index contributed by atoms with van der Waals surface area (Å²) in [5.41, 5.74) is 2.09. The maximum atomic E-state index is 15.4. The predicted molar refractivity (Wildman–Crippen MR) is 91.2 cm³/mol. The van der Waals surface area contributed by atoms with Gasteiger partial charge < -0.3 is 4.57 Å². The van der Waals surface area contributed by atoms with Gasteiger partial charge in [0.2, 0.25) is 0 Å². The van der Waals surface area contributed by atoms with E-state index in [1.54, 1.807) is 35.0 Å². The van der Waals surface area contributed by atoms with Crippen LogP contribution in [-0.4, -0.2) is 9.55 Å². The fraction of sp³-hybridized carbons (Fsp3) is 0.0500. The molecule has 4 heteroatoms. The van der Waals surface area contributed by atoms with Crippen molar-refractivity contribution in [3.8, 4) is 16.9 Å². The van der Waals surface area contributed by atoms with Crippen LogP contribution in [0.5, 0.6) is 0 Å². The van der Waals surface area contributed by atoms with Crippen LogP contribution in [-0.2, 0) is 0 Å². The molecule has 0 fully saturated rings. The minimum atomic E-state index is -0.530. The Morgan fingerprint density at radius 2 is 1.62 bits per heavy atom. The molecule has 0 N–H and O–H groups in total. The topological polar surface area (TPSA) is 17.8 Å². The molecule has 0 radical (unpaired) electrons. The van der Waals surface area contributed by atoms with Crippen molar-refractivity contribution in [2.45, 2.75) is 6.92 Å². The molecule has 0 amide bonds. The highest BCUT2D eigenvalue weighted by Gasteiger charge is 2.20. The van der Waals surface area contributed by atoms with E-state index in [1.807, 2.05) is 37.3 Å². The number of hydrogen-bond acceptors (Lipinski definition) is 1. The number of aromatic nitrogens is 2. The molecule has 24 heavy (non-hydrogen) atoms. The third kappa shape index (κ3) is 2.19. The van der Waals surface area contributed by atoms with E-state index in [1.165, 1.54) is 6.07 Å². The van der Waals surface area contributed by atoms with Gasteiger partial charge in [0, 0.05) is 22.8 Å².